The number of rotatable bonds is 3. The van der Waals surface area contributed by atoms with Crippen LogP contribution in [-0.2, 0) is 31.3 Å². The summed E-state index contributed by atoms with van der Waals surface area (Å²) in [5, 5.41) is 8.36. The molecule has 29 heavy (non-hydrogen) atoms. The Hall–Kier alpha value is -2.69. The first-order chi connectivity index (χ1) is 13.5. The van der Waals surface area contributed by atoms with Crippen molar-refractivity contribution in [3.05, 3.63) is 77.8 Å². The number of ketones is 1. The molecular formula is C23H23IrN2O3-. The fourth-order valence-electron chi connectivity index (χ4n) is 3.08. The van der Waals surface area contributed by atoms with Crippen LogP contribution in [0.25, 0.3) is 17.1 Å². The maximum absolute atomic E-state index is 10.0. The number of carbonyl (C=O) groups is 1. The van der Waals surface area contributed by atoms with Crippen LogP contribution >= 0.6 is 0 Å². The second-order valence-corrected chi connectivity index (χ2v) is 6.64. The first-order valence-electron chi connectivity index (χ1n) is 9.10. The van der Waals surface area contributed by atoms with Crippen molar-refractivity contribution in [1.82, 2.24) is 9.55 Å². The molecule has 0 fully saturated rings. The second kappa shape index (κ2) is 10.2. The predicted octanol–water partition coefficient (Wildman–Crippen LogP) is 4.62. The molecule has 1 radical (unpaired) electrons. The number of para-hydroxylation sites is 1. The molecule has 1 aromatic heterocycles. The van der Waals surface area contributed by atoms with Crippen molar-refractivity contribution in [2.24, 2.45) is 0 Å². The van der Waals surface area contributed by atoms with Gasteiger partial charge in [0.25, 0.3) is 0 Å². The first-order valence-corrected chi connectivity index (χ1v) is 9.10. The largest absolute Gasteiger partial charge is 0.536 e. The minimum absolute atomic E-state index is 0. The summed E-state index contributed by atoms with van der Waals surface area (Å²) in [5.74, 6) is 1.80. The molecule has 1 aliphatic heterocycles. The molecule has 5 nitrogen and oxygen atoms in total. The van der Waals surface area contributed by atoms with Gasteiger partial charge >= 0.3 is 0 Å². The van der Waals surface area contributed by atoms with Gasteiger partial charge in [-0.3, -0.25) is 9.78 Å². The molecule has 0 aliphatic carbocycles. The van der Waals surface area contributed by atoms with Crippen LogP contribution in [0.5, 0.6) is 5.75 Å². The van der Waals surface area contributed by atoms with Gasteiger partial charge in [0, 0.05) is 50.0 Å². The number of fused-ring (bicyclic) bond motifs is 1. The normalized spacial score (nSPS) is 12.2. The van der Waals surface area contributed by atoms with E-state index >= 15 is 0 Å². The number of imidazole rings is 1. The van der Waals surface area contributed by atoms with Crippen LogP contribution in [0.15, 0.2) is 60.6 Å². The van der Waals surface area contributed by atoms with E-state index in [9.17, 15) is 4.79 Å². The van der Waals surface area contributed by atoms with E-state index in [2.05, 4.69) is 40.7 Å². The Morgan fingerprint density at radius 3 is 2.72 bits per heavy atom. The summed E-state index contributed by atoms with van der Waals surface area (Å²) >= 11 is 0. The van der Waals surface area contributed by atoms with E-state index in [1.165, 1.54) is 31.1 Å². The van der Waals surface area contributed by atoms with Crippen molar-refractivity contribution in [3.63, 3.8) is 0 Å². The molecule has 153 valence electrons. The Bertz CT molecular complexity index is 1020. The summed E-state index contributed by atoms with van der Waals surface area (Å²) in [6, 6.07) is 15.7. The molecule has 2 heterocycles. The van der Waals surface area contributed by atoms with Crippen molar-refractivity contribution >= 4 is 5.78 Å². The minimum Gasteiger partial charge on any atom is -0.536 e. The third kappa shape index (κ3) is 5.66. The van der Waals surface area contributed by atoms with Crippen LogP contribution in [0.2, 0.25) is 0 Å². The molecule has 4 rings (SSSR count). The molecule has 0 bridgehead atoms. The molecule has 0 amide bonds. The summed E-state index contributed by atoms with van der Waals surface area (Å²) in [6.07, 6.45) is 5.96. The number of aliphatic hydroxyl groups excluding tert-OH is 1. The standard InChI is InChI=1S/C18H15N2O.C5H8O2.Ir/c1-13-4-2-3-5-16(13)20-10-9-19-18(20)15-6-7-17-14(12-15)8-11-21-17;1-4(6)3-5(2)7;/h2-5,7,9-10,12H,8,11H2,1H3;3,6H,1-2H3;/q-1;;/b;4-3-;. The summed E-state index contributed by atoms with van der Waals surface area (Å²) < 4.78 is 7.66. The van der Waals surface area contributed by atoms with Crippen LogP contribution in [0.1, 0.15) is 25.0 Å². The Kier molecular flexibility index (Phi) is 7.94. The van der Waals surface area contributed by atoms with E-state index in [-0.39, 0.29) is 31.6 Å². The summed E-state index contributed by atoms with van der Waals surface area (Å²) in [4.78, 5) is 14.5. The number of hydrogen-bond acceptors (Lipinski definition) is 4. The Morgan fingerprint density at radius 2 is 2.07 bits per heavy atom. The van der Waals surface area contributed by atoms with E-state index in [1.54, 1.807) is 0 Å². The molecule has 0 atom stereocenters. The van der Waals surface area contributed by atoms with Gasteiger partial charge in [0.2, 0.25) is 0 Å². The zero-order chi connectivity index (χ0) is 20.1. The maximum atomic E-state index is 10.0. The van der Waals surface area contributed by atoms with Crippen molar-refractivity contribution < 1.29 is 34.7 Å². The number of allylic oxidation sites excluding steroid dienone is 2. The quantitative estimate of drug-likeness (QED) is 0.285. The fraction of sp³-hybridized carbons (Fsp3) is 0.217. The zero-order valence-corrected chi connectivity index (χ0v) is 19.0. The number of ether oxygens (including phenoxy) is 1. The van der Waals surface area contributed by atoms with Crippen LogP contribution in [0, 0.1) is 13.0 Å². The smallest absolute Gasteiger partial charge is 0.155 e. The molecule has 1 N–H and O–H groups in total. The minimum atomic E-state index is -0.125. The Labute approximate surface area is 184 Å². The fourth-order valence-corrected chi connectivity index (χ4v) is 3.08. The molecule has 0 saturated carbocycles. The molecule has 1 aliphatic rings. The van der Waals surface area contributed by atoms with Gasteiger partial charge in [-0.2, -0.15) is 0 Å². The van der Waals surface area contributed by atoms with E-state index in [0.717, 1.165) is 35.9 Å². The summed E-state index contributed by atoms with van der Waals surface area (Å²) in [5.41, 5.74) is 4.62. The molecular weight excluding hydrogens is 544 g/mol. The topological polar surface area (TPSA) is 64.3 Å². The van der Waals surface area contributed by atoms with E-state index in [0.29, 0.717) is 0 Å². The number of aryl methyl sites for hydroxylation is 1. The van der Waals surface area contributed by atoms with Crippen molar-refractivity contribution in [2.45, 2.75) is 27.2 Å². The third-order valence-corrected chi connectivity index (χ3v) is 4.29. The molecule has 0 saturated heterocycles. The first kappa shape index (κ1) is 22.6. The maximum Gasteiger partial charge on any atom is 0.155 e. The average molecular weight is 568 g/mol. The van der Waals surface area contributed by atoms with Crippen molar-refractivity contribution in [2.75, 3.05) is 6.61 Å². The molecule has 6 heteroatoms. The van der Waals surface area contributed by atoms with Crippen molar-refractivity contribution in [3.8, 4) is 22.8 Å². The van der Waals surface area contributed by atoms with Gasteiger partial charge in [-0.1, -0.05) is 23.8 Å². The van der Waals surface area contributed by atoms with Gasteiger partial charge in [-0.05, 0) is 38.8 Å². The van der Waals surface area contributed by atoms with Gasteiger partial charge in [0.05, 0.1) is 18.2 Å². The Balaban J connectivity index is 0.000000327. The van der Waals surface area contributed by atoms with Gasteiger partial charge in [0.15, 0.2) is 5.78 Å². The number of nitrogens with zero attached hydrogens (tertiary/aromatic N) is 2. The van der Waals surface area contributed by atoms with E-state index in [4.69, 9.17) is 9.84 Å². The second-order valence-electron chi connectivity index (χ2n) is 6.64. The summed E-state index contributed by atoms with van der Waals surface area (Å²) in [7, 11) is 0. The number of carbonyl (C=O) groups excluding carboxylic acids is 1. The van der Waals surface area contributed by atoms with Gasteiger partial charge < -0.3 is 14.4 Å². The van der Waals surface area contributed by atoms with Gasteiger partial charge in [-0.25, -0.2) is 0 Å². The molecule has 2 aromatic carbocycles. The van der Waals surface area contributed by atoms with Gasteiger partial charge in [0.1, 0.15) is 0 Å². The van der Waals surface area contributed by atoms with E-state index < -0.39 is 0 Å². The van der Waals surface area contributed by atoms with Crippen LogP contribution in [-0.4, -0.2) is 27.0 Å². The van der Waals surface area contributed by atoms with Crippen LogP contribution < -0.4 is 4.74 Å². The SMILES string of the molecule is CC(=O)/C=C(/C)O.Cc1ccccc1-n1ccnc1-c1[c-]cc2c(c1)CCO2.[Ir]. The molecule has 0 unspecified atom stereocenters. The number of aliphatic hydroxyl groups is 1. The number of aromatic nitrogens is 2. The van der Waals surface area contributed by atoms with Crippen molar-refractivity contribution in [1.29, 1.82) is 0 Å². The van der Waals surface area contributed by atoms with Crippen LogP contribution in [0.3, 0.4) is 0 Å². The summed E-state index contributed by atoms with van der Waals surface area (Å²) in [6.45, 7) is 5.72. The molecule has 0 spiro atoms. The zero-order valence-electron chi connectivity index (χ0n) is 16.6. The Morgan fingerprint density at radius 1 is 1.31 bits per heavy atom. The molecule has 3 aromatic rings. The number of hydrogen-bond donors (Lipinski definition) is 1. The average Bonchev–Trinajstić information content (AvgIpc) is 3.30. The third-order valence-electron chi connectivity index (χ3n) is 4.29. The van der Waals surface area contributed by atoms with Crippen LogP contribution in [0.4, 0.5) is 0 Å². The monoisotopic (exact) mass is 568 g/mol. The predicted molar refractivity (Wildman–Crippen MR) is 109 cm³/mol. The number of benzene rings is 2. The van der Waals surface area contributed by atoms with E-state index in [1.807, 2.05) is 30.6 Å². The van der Waals surface area contributed by atoms with Gasteiger partial charge in [-0.15, -0.1) is 23.8 Å².